The van der Waals surface area contributed by atoms with Gasteiger partial charge < -0.3 is 10.6 Å². The number of hydrogen-bond donors (Lipinski definition) is 2. The van der Waals surface area contributed by atoms with Crippen molar-refractivity contribution < 1.29 is 8.42 Å². The highest BCUT2D eigenvalue weighted by Crippen LogP contribution is 2.31. The van der Waals surface area contributed by atoms with Crippen LogP contribution in [0.1, 0.15) is 19.3 Å². The molecule has 2 aliphatic rings. The van der Waals surface area contributed by atoms with Gasteiger partial charge in [-0.05, 0) is 65.9 Å². The van der Waals surface area contributed by atoms with Gasteiger partial charge in [0.1, 0.15) is 0 Å². The Labute approximate surface area is 134 Å². The summed E-state index contributed by atoms with van der Waals surface area (Å²) in [5.74, 6) is 0.403. The maximum absolute atomic E-state index is 12.4. The van der Waals surface area contributed by atoms with Gasteiger partial charge in [0.25, 0.3) is 0 Å². The van der Waals surface area contributed by atoms with Crippen LogP contribution in [0.25, 0.3) is 0 Å². The van der Waals surface area contributed by atoms with Crippen LogP contribution in [0.3, 0.4) is 0 Å². The second-order valence-electron chi connectivity index (χ2n) is 5.92. The molecule has 116 valence electrons. The molecule has 1 aliphatic carbocycles. The number of nitrogens with one attached hydrogen (secondary N) is 1. The van der Waals surface area contributed by atoms with Crippen LogP contribution in [0, 0.1) is 5.92 Å². The third-order valence-corrected chi connectivity index (χ3v) is 6.60. The molecular weight excluding hydrogens is 354 g/mol. The monoisotopic (exact) mass is 373 g/mol. The SMILES string of the molecule is Nc1ccc(Br)c(S(=O)(=O)NCC2CCN(C3CC3)C2)c1. The lowest BCUT2D eigenvalue weighted by Gasteiger charge is -2.15. The van der Waals surface area contributed by atoms with E-state index in [1.165, 1.54) is 18.9 Å². The zero-order valence-corrected chi connectivity index (χ0v) is 14.2. The Kier molecular flexibility index (Phi) is 4.27. The average molecular weight is 374 g/mol. The van der Waals surface area contributed by atoms with Gasteiger partial charge in [0.2, 0.25) is 10.0 Å². The molecule has 21 heavy (non-hydrogen) atoms. The summed E-state index contributed by atoms with van der Waals surface area (Å²) in [4.78, 5) is 2.69. The van der Waals surface area contributed by atoms with Crippen molar-refractivity contribution >= 4 is 31.6 Å². The van der Waals surface area contributed by atoms with Gasteiger partial charge >= 0.3 is 0 Å². The van der Waals surface area contributed by atoms with Crippen molar-refractivity contribution in [2.24, 2.45) is 5.92 Å². The molecule has 3 N–H and O–H groups in total. The summed E-state index contributed by atoms with van der Waals surface area (Å²) in [6.07, 6.45) is 3.67. The number of likely N-dealkylation sites (tertiary alicyclic amines) is 1. The fourth-order valence-corrected chi connectivity index (χ4v) is 4.94. The molecule has 1 aromatic rings. The number of sulfonamides is 1. The highest BCUT2D eigenvalue weighted by molar-refractivity contribution is 9.10. The Morgan fingerprint density at radius 3 is 2.81 bits per heavy atom. The summed E-state index contributed by atoms with van der Waals surface area (Å²) < 4.78 is 28.0. The number of nitrogens with zero attached hydrogens (tertiary/aromatic N) is 1. The van der Waals surface area contributed by atoms with Crippen molar-refractivity contribution in [2.45, 2.75) is 30.2 Å². The number of nitrogen functional groups attached to an aromatic ring is 1. The van der Waals surface area contributed by atoms with Crippen LogP contribution >= 0.6 is 15.9 Å². The van der Waals surface area contributed by atoms with Gasteiger partial charge in [-0.2, -0.15) is 0 Å². The molecule has 2 fully saturated rings. The van der Waals surface area contributed by atoms with Gasteiger partial charge in [0, 0.05) is 29.3 Å². The van der Waals surface area contributed by atoms with Crippen LogP contribution in [0.5, 0.6) is 0 Å². The summed E-state index contributed by atoms with van der Waals surface area (Å²) in [5.41, 5.74) is 6.13. The topological polar surface area (TPSA) is 75.4 Å². The van der Waals surface area contributed by atoms with Gasteiger partial charge in [0.15, 0.2) is 0 Å². The molecule has 1 atom stereocenters. The molecule has 1 unspecified atom stereocenters. The number of benzene rings is 1. The molecule has 7 heteroatoms. The second-order valence-corrected chi connectivity index (χ2v) is 8.51. The summed E-state index contributed by atoms with van der Waals surface area (Å²) in [7, 11) is -3.52. The minimum atomic E-state index is -3.52. The van der Waals surface area contributed by atoms with Gasteiger partial charge in [-0.3, -0.25) is 0 Å². The number of hydrogen-bond acceptors (Lipinski definition) is 4. The minimum absolute atomic E-state index is 0.208. The van der Waals surface area contributed by atoms with Crippen molar-refractivity contribution in [3.8, 4) is 0 Å². The maximum atomic E-state index is 12.4. The smallest absolute Gasteiger partial charge is 0.241 e. The molecule has 0 radical (unpaired) electrons. The Morgan fingerprint density at radius 1 is 1.33 bits per heavy atom. The molecular formula is C14H20BrN3O2S. The maximum Gasteiger partial charge on any atom is 0.241 e. The first kappa shape index (κ1) is 15.3. The van der Waals surface area contributed by atoms with E-state index >= 15 is 0 Å². The normalized spacial score (nSPS) is 23.6. The first-order valence-electron chi connectivity index (χ1n) is 7.24. The Hall–Kier alpha value is -0.630. The van der Waals surface area contributed by atoms with Crippen molar-refractivity contribution in [1.29, 1.82) is 0 Å². The number of nitrogens with two attached hydrogens (primary N) is 1. The lowest BCUT2D eigenvalue weighted by molar-refractivity contribution is 0.314. The highest BCUT2D eigenvalue weighted by atomic mass is 79.9. The van der Waals surface area contributed by atoms with E-state index in [4.69, 9.17) is 5.73 Å². The van der Waals surface area contributed by atoms with Crippen molar-refractivity contribution in [3.05, 3.63) is 22.7 Å². The molecule has 1 aromatic carbocycles. The summed E-state index contributed by atoms with van der Waals surface area (Å²) in [5, 5.41) is 0. The zero-order chi connectivity index (χ0) is 15.0. The molecule has 1 saturated heterocycles. The van der Waals surface area contributed by atoms with E-state index < -0.39 is 10.0 Å². The fraction of sp³-hybridized carbons (Fsp3) is 0.571. The van der Waals surface area contributed by atoms with Crippen LogP contribution in [0.2, 0.25) is 0 Å². The molecule has 0 aromatic heterocycles. The molecule has 0 spiro atoms. The van der Waals surface area contributed by atoms with Gasteiger partial charge in [-0.1, -0.05) is 0 Å². The minimum Gasteiger partial charge on any atom is -0.399 e. The Morgan fingerprint density at radius 2 is 2.10 bits per heavy atom. The van der Waals surface area contributed by atoms with E-state index in [0.717, 1.165) is 25.6 Å². The molecule has 1 aliphatic heterocycles. The molecule has 0 amide bonds. The lowest BCUT2D eigenvalue weighted by Crippen LogP contribution is -2.31. The predicted octanol–water partition coefficient (Wildman–Crippen LogP) is 1.79. The quantitative estimate of drug-likeness (QED) is 0.771. The third kappa shape index (κ3) is 3.59. The zero-order valence-electron chi connectivity index (χ0n) is 11.8. The van der Waals surface area contributed by atoms with Crippen LogP contribution in [0.4, 0.5) is 5.69 Å². The first-order valence-corrected chi connectivity index (χ1v) is 9.52. The van der Waals surface area contributed by atoms with Crippen molar-refractivity contribution in [1.82, 2.24) is 9.62 Å². The standard InChI is InChI=1S/C14H20BrN3O2S/c15-13-4-1-11(16)7-14(13)21(19,20)17-8-10-5-6-18(9-10)12-2-3-12/h1,4,7,10,12,17H,2-3,5-6,8-9,16H2. The van der Waals surface area contributed by atoms with Crippen molar-refractivity contribution in [2.75, 3.05) is 25.4 Å². The summed E-state index contributed by atoms with van der Waals surface area (Å²) in [6, 6.07) is 5.58. The molecule has 5 nitrogen and oxygen atoms in total. The van der Waals surface area contributed by atoms with Gasteiger partial charge in [-0.15, -0.1) is 0 Å². The van der Waals surface area contributed by atoms with E-state index in [0.29, 0.717) is 22.6 Å². The fourth-order valence-electron chi connectivity index (χ4n) is 2.83. The highest BCUT2D eigenvalue weighted by Gasteiger charge is 2.34. The van der Waals surface area contributed by atoms with Gasteiger partial charge in [0.05, 0.1) is 4.90 Å². The Bertz CT molecular complexity index is 631. The summed E-state index contributed by atoms with van der Waals surface area (Å²) in [6.45, 7) is 2.59. The lowest BCUT2D eigenvalue weighted by atomic mass is 10.1. The van der Waals surface area contributed by atoms with Gasteiger partial charge in [-0.25, -0.2) is 13.1 Å². The third-order valence-electron chi connectivity index (χ3n) is 4.19. The Balaban J connectivity index is 1.62. The van der Waals surface area contributed by atoms with E-state index in [2.05, 4.69) is 25.6 Å². The average Bonchev–Trinajstić information content (AvgIpc) is 3.18. The van der Waals surface area contributed by atoms with E-state index in [-0.39, 0.29) is 4.90 Å². The first-order chi connectivity index (χ1) is 9.95. The van der Waals surface area contributed by atoms with E-state index in [9.17, 15) is 8.42 Å². The largest absolute Gasteiger partial charge is 0.399 e. The van der Waals surface area contributed by atoms with Crippen LogP contribution < -0.4 is 10.5 Å². The van der Waals surface area contributed by atoms with Crippen LogP contribution in [0.15, 0.2) is 27.6 Å². The second kappa shape index (κ2) is 5.87. The number of rotatable bonds is 5. The van der Waals surface area contributed by atoms with Crippen LogP contribution in [-0.2, 0) is 10.0 Å². The van der Waals surface area contributed by atoms with E-state index in [1.807, 2.05) is 0 Å². The molecule has 1 saturated carbocycles. The summed E-state index contributed by atoms with van der Waals surface area (Å²) >= 11 is 3.27. The van der Waals surface area contributed by atoms with Crippen molar-refractivity contribution in [3.63, 3.8) is 0 Å². The molecule has 1 heterocycles. The number of halogens is 1. The predicted molar refractivity (Wildman–Crippen MR) is 86.4 cm³/mol. The van der Waals surface area contributed by atoms with E-state index in [1.54, 1.807) is 12.1 Å². The van der Waals surface area contributed by atoms with Crippen LogP contribution in [-0.4, -0.2) is 39.0 Å². The number of anilines is 1. The molecule has 3 rings (SSSR count). The molecule has 0 bridgehead atoms.